The van der Waals surface area contributed by atoms with Gasteiger partial charge in [0.25, 0.3) is 0 Å². The molecule has 80 valence electrons. The van der Waals surface area contributed by atoms with E-state index in [9.17, 15) is 9.70 Å². The van der Waals surface area contributed by atoms with Gasteiger partial charge in [0.1, 0.15) is 11.4 Å². The lowest BCUT2D eigenvalue weighted by Gasteiger charge is -2.19. The Morgan fingerprint density at radius 3 is 2.88 bits per heavy atom. The van der Waals surface area contributed by atoms with Crippen LogP contribution in [0.15, 0.2) is 35.0 Å². The molecule has 5 heteroatoms. The summed E-state index contributed by atoms with van der Waals surface area (Å²) in [6.45, 7) is 0. The molecule has 0 saturated heterocycles. The fourth-order valence-corrected chi connectivity index (χ4v) is 2.03. The molecule has 1 aliphatic carbocycles. The Kier molecular flexibility index (Phi) is 1.53. The van der Waals surface area contributed by atoms with Crippen LogP contribution in [0.25, 0.3) is 5.70 Å². The zero-order chi connectivity index (χ0) is 11.3. The summed E-state index contributed by atoms with van der Waals surface area (Å²) in [5.41, 5.74) is -0.0859. The average molecular weight is 217 g/mol. The molecule has 5 nitrogen and oxygen atoms in total. The highest BCUT2D eigenvalue weighted by Crippen LogP contribution is 2.56. The topological polar surface area (TPSA) is 76.0 Å². The monoisotopic (exact) mass is 217 g/mol. The van der Waals surface area contributed by atoms with E-state index in [0.717, 1.165) is 0 Å². The number of ether oxygens (including phenoxy) is 1. The Hall–Kier alpha value is -2.17. The molecule has 1 saturated carbocycles. The first kappa shape index (κ1) is 9.08. The van der Waals surface area contributed by atoms with Crippen molar-refractivity contribution in [3.63, 3.8) is 0 Å². The van der Waals surface area contributed by atoms with Crippen molar-refractivity contribution in [3.05, 3.63) is 40.3 Å². The second-order valence-corrected chi connectivity index (χ2v) is 3.83. The molecule has 0 radical (unpaired) electrons. The molecule has 3 rings (SSSR count). The van der Waals surface area contributed by atoms with Gasteiger partial charge in [-0.1, -0.05) is 12.1 Å². The van der Waals surface area contributed by atoms with E-state index in [4.69, 9.17) is 9.84 Å². The van der Waals surface area contributed by atoms with Crippen LogP contribution in [0, 0.1) is 4.91 Å². The highest BCUT2D eigenvalue weighted by Gasteiger charge is 2.63. The Bertz CT molecular complexity index is 549. The van der Waals surface area contributed by atoms with Crippen LogP contribution in [0.5, 0.6) is 5.75 Å². The van der Waals surface area contributed by atoms with Gasteiger partial charge in [-0.3, -0.25) is 0 Å². The lowest BCUT2D eigenvalue weighted by atomic mass is 10.1. The first-order valence-corrected chi connectivity index (χ1v) is 4.78. The second kappa shape index (κ2) is 2.69. The number of nitrogens with zero attached hydrogens (tertiary/aromatic N) is 1. The fourth-order valence-electron chi connectivity index (χ4n) is 2.03. The van der Waals surface area contributed by atoms with Crippen molar-refractivity contribution in [2.24, 2.45) is 5.18 Å². The molecular weight excluding hydrogens is 210 g/mol. The van der Waals surface area contributed by atoms with Crippen molar-refractivity contribution in [3.8, 4) is 5.75 Å². The maximum Gasteiger partial charge on any atom is 0.352 e. The van der Waals surface area contributed by atoms with E-state index in [2.05, 4.69) is 5.18 Å². The van der Waals surface area contributed by atoms with Gasteiger partial charge in [-0.15, -0.1) is 4.91 Å². The van der Waals surface area contributed by atoms with E-state index in [1.54, 1.807) is 24.3 Å². The molecule has 1 unspecified atom stereocenters. The van der Waals surface area contributed by atoms with Crippen LogP contribution in [0.4, 0.5) is 0 Å². The van der Waals surface area contributed by atoms with Gasteiger partial charge in [-0.05, 0) is 17.3 Å². The molecule has 1 aromatic carbocycles. The minimum absolute atomic E-state index is 0.212. The van der Waals surface area contributed by atoms with Crippen molar-refractivity contribution in [2.75, 3.05) is 0 Å². The summed E-state index contributed by atoms with van der Waals surface area (Å²) in [6, 6.07) is 6.82. The molecule has 1 atom stereocenters. The number of carbonyl (C=O) groups is 1. The van der Waals surface area contributed by atoms with Crippen LogP contribution in [0.1, 0.15) is 12.0 Å². The van der Waals surface area contributed by atoms with Gasteiger partial charge < -0.3 is 9.84 Å². The summed E-state index contributed by atoms with van der Waals surface area (Å²) in [5, 5.41) is 12.0. The number of fused-ring (bicyclic) bond motifs is 2. The van der Waals surface area contributed by atoms with Crippen molar-refractivity contribution in [2.45, 2.75) is 12.0 Å². The van der Waals surface area contributed by atoms with E-state index in [1.807, 2.05) is 0 Å². The third-order valence-electron chi connectivity index (χ3n) is 2.94. The molecule has 0 aromatic heterocycles. The molecule has 0 amide bonds. The van der Waals surface area contributed by atoms with Crippen LogP contribution < -0.4 is 4.74 Å². The van der Waals surface area contributed by atoms with Crippen LogP contribution in [-0.4, -0.2) is 16.7 Å². The highest BCUT2D eigenvalue weighted by atomic mass is 16.5. The van der Waals surface area contributed by atoms with Crippen LogP contribution >= 0.6 is 0 Å². The minimum atomic E-state index is -1.34. The molecule has 1 aliphatic heterocycles. The van der Waals surface area contributed by atoms with Crippen LogP contribution in [0.2, 0.25) is 0 Å². The predicted octanol–water partition coefficient (Wildman–Crippen LogP) is 1.78. The van der Waals surface area contributed by atoms with Gasteiger partial charge >= 0.3 is 5.97 Å². The molecule has 2 aliphatic rings. The minimum Gasteiger partial charge on any atom is -0.478 e. The quantitative estimate of drug-likeness (QED) is 0.766. The predicted molar refractivity (Wildman–Crippen MR) is 54.8 cm³/mol. The van der Waals surface area contributed by atoms with Crippen LogP contribution in [0.3, 0.4) is 0 Å². The molecule has 1 N–H and O–H groups in total. The Morgan fingerprint density at radius 2 is 2.19 bits per heavy atom. The number of hydrogen-bond donors (Lipinski definition) is 1. The number of para-hydroxylation sites is 1. The maximum atomic E-state index is 11.1. The zero-order valence-electron chi connectivity index (χ0n) is 8.14. The molecule has 0 bridgehead atoms. The number of carboxylic acid groups (broad SMARTS) is 1. The Labute approximate surface area is 90.3 Å². The Morgan fingerprint density at radius 1 is 1.44 bits per heavy atom. The largest absolute Gasteiger partial charge is 0.478 e. The Balaban J connectivity index is 2.23. The molecule has 1 heterocycles. The van der Waals surface area contributed by atoms with E-state index < -0.39 is 11.6 Å². The summed E-state index contributed by atoms with van der Waals surface area (Å²) in [7, 11) is 0. The van der Waals surface area contributed by atoms with E-state index in [0.29, 0.717) is 16.9 Å². The van der Waals surface area contributed by atoms with Crippen molar-refractivity contribution < 1.29 is 14.6 Å². The lowest BCUT2D eigenvalue weighted by Crippen LogP contribution is -2.31. The SMILES string of the molecule is O=NC1=C2CC2(C(=O)O)Oc2ccccc21. The number of carboxylic acids is 1. The summed E-state index contributed by atoms with van der Waals surface area (Å²) in [5.74, 6) is -0.668. The summed E-state index contributed by atoms with van der Waals surface area (Å²) >= 11 is 0. The average Bonchev–Trinajstić information content (AvgIpc) is 3.00. The lowest BCUT2D eigenvalue weighted by molar-refractivity contribution is -0.146. The fraction of sp³-hybridized carbons (Fsp3) is 0.182. The maximum absolute atomic E-state index is 11.1. The smallest absolute Gasteiger partial charge is 0.352 e. The first-order chi connectivity index (χ1) is 7.69. The van der Waals surface area contributed by atoms with E-state index >= 15 is 0 Å². The molecular formula is C11H7NO4. The normalized spacial score (nSPS) is 25.2. The highest BCUT2D eigenvalue weighted by molar-refractivity contribution is 5.96. The second-order valence-electron chi connectivity index (χ2n) is 3.83. The first-order valence-electron chi connectivity index (χ1n) is 4.78. The van der Waals surface area contributed by atoms with Gasteiger partial charge in [-0.2, -0.15) is 0 Å². The number of aliphatic carboxylic acids is 1. The van der Waals surface area contributed by atoms with Gasteiger partial charge in [0.2, 0.25) is 5.60 Å². The van der Waals surface area contributed by atoms with E-state index in [1.165, 1.54) is 0 Å². The van der Waals surface area contributed by atoms with E-state index in [-0.39, 0.29) is 12.1 Å². The van der Waals surface area contributed by atoms with Crippen LogP contribution in [-0.2, 0) is 4.79 Å². The number of rotatable bonds is 2. The van der Waals surface area contributed by atoms with Gasteiger partial charge in [-0.25, -0.2) is 4.79 Å². The van der Waals surface area contributed by atoms with Gasteiger partial charge in [0.05, 0.1) is 0 Å². The molecule has 16 heavy (non-hydrogen) atoms. The van der Waals surface area contributed by atoms with Gasteiger partial charge in [0, 0.05) is 17.6 Å². The summed E-state index contributed by atoms with van der Waals surface area (Å²) in [4.78, 5) is 21.9. The zero-order valence-corrected chi connectivity index (χ0v) is 8.14. The number of hydrogen-bond acceptors (Lipinski definition) is 4. The standard InChI is InChI=1S/C11H7NO4/c13-10(14)11-5-7(11)9(12-15)6-3-1-2-4-8(6)16-11/h1-4H,5H2,(H,13,14). The summed E-state index contributed by atoms with van der Waals surface area (Å²) in [6.07, 6.45) is 0.234. The number of nitroso groups, excluding NO2 is 1. The third-order valence-corrected chi connectivity index (χ3v) is 2.94. The molecule has 1 aromatic rings. The van der Waals surface area contributed by atoms with Crippen molar-refractivity contribution in [1.29, 1.82) is 0 Å². The van der Waals surface area contributed by atoms with Crippen molar-refractivity contribution in [1.82, 2.24) is 0 Å². The van der Waals surface area contributed by atoms with Gasteiger partial charge in [0.15, 0.2) is 0 Å². The summed E-state index contributed by atoms with van der Waals surface area (Å²) < 4.78 is 5.43. The van der Waals surface area contributed by atoms with Crippen molar-refractivity contribution >= 4 is 11.7 Å². The third kappa shape index (κ3) is 0.920. The molecule has 1 fully saturated rings. The number of benzene rings is 1. The molecule has 0 spiro atoms.